The lowest BCUT2D eigenvalue weighted by atomic mass is 10.0. The van der Waals surface area contributed by atoms with Gasteiger partial charge in [0.2, 0.25) is 5.91 Å². The van der Waals surface area contributed by atoms with Crippen LogP contribution in [0.25, 0.3) is 0 Å². The lowest BCUT2D eigenvalue weighted by Gasteiger charge is -2.20. The van der Waals surface area contributed by atoms with Crippen LogP contribution < -0.4 is 5.32 Å². The third-order valence-corrected chi connectivity index (χ3v) is 3.65. The molecule has 0 spiro atoms. The second-order valence-electron chi connectivity index (χ2n) is 4.31. The Labute approximate surface area is 105 Å². The molecule has 1 rings (SSSR count). The number of carbonyl (C=O) groups excluding carboxylic acids is 1. The van der Waals surface area contributed by atoms with Gasteiger partial charge in [-0.1, -0.05) is 19.9 Å². The van der Waals surface area contributed by atoms with Gasteiger partial charge in [0.1, 0.15) is 6.04 Å². The number of amides is 1. The molecule has 2 N–H and O–H groups in total. The van der Waals surface area contributed by atoms with Crippen LogP contribution in [-0.2, 0) is 9.59 Å². The molecular weight excluding hydrogens is 238 g/mol. The standard InChI is InChI=1S/C12H17NO3S/c1-7(2)10(12(15)16)13-11(14)8(3)9-5-4-6-17-9/h4-8,10H,1-3H3,(H,13,14)(H,15,16)/t8?,10-/m0/s1. The Morgan fingerprint density at radius 1 is 1.35 bits per heavy atom. The highest BCUT2D eigenvalue weighted by Crippen LogP contribution is 2.21. The first kappa shape index (κ1) is 13.7. The fourth-order valence-electron chi connectivity index (χ4n) is 1.46. The molecule has 1 aromatic rings. The Balaban J connectivity index is 2.68. The van der Waals surface area contributed by atoms with Gasteiger partial charge in [0.15, 0.2) is 0 Å². The molecule has 0 aliphatic heterocycles. The fourth-order valence-corrected chi connectivity index (χ4v) is 2.24. The lowest BCUT2D eigenvalue weighted by Crippen LogP contribution is -2.45. The maximum absolute atomic E-state index is 11.9. The lowest BCUT2D eigenvalue weighted by molar-refractivity contribution is -0.143. The highest BCUT2D eigenvalue weighted by Gasteiger charge is 2.26. The summed E-state index contributed by atoms with van der Waals surface area (Å²) in [5.74, 6) is -1.68. The maximum atomic E-state index is 11.9. The van der Waals surface area contributed by atoms with Gasteiger partial charge in [0.05, 0.1) is 5.92 Å². The second kappa shape index (κ2) is 5.82. The van der Waals surface area contributed by atoms with Gasteiger partial charge in [-0.05, 0) is 24.3 Å². The van der Waals surface area contributed by atoms with Gasteiger partial charge in [-0.2, -0.15) is 0 Å². The first-order chi connectivity index (χ1) is 7.93. The molecule has 5 heteroatoms. The number of hydrogen-bond donors (Lipinski definition) is 2. The molecule has 0 aliphatic rings. The zero-order valence-corrected chi connectivity index (χ0v) is 11.0. The summed E-state index contributed by atoms with van der Waals surface area (Å²) < 4.78 is 0. The Bertz CT molecular complexity index is 386. The molecule has 1 amide bonds. The first-order valence-corrected chi connectivity index (χ1v) is 6.38. The van der Waals surface area contributed by atoms with Gasteiger partial charge in [0, 0.05) is 4.88 Å². The zero-order chi connectivity index (χ0) is 13.0. The van der Waals surface area contributed by atoms with Gasteiger partial charge in [-0.15, -0.1) is 11.3 Å². The van der Waals surface area contributed by atoms with Crippen LogP contribution in [0, 0.1) is 5.92 Å². The monoisotopic (exact) mass is 255 g/mol. The third kappa shape index (κ3) is 3.56. The molecule has 4 nitrogen and oxygen atoms in total. The van der Waals surface area contributed by atoms with Crippen LogP contribution in [-0.4, -0.2) is 23.0 Å². The summed E-state index contributed by atoms with van der Waals surface area (Å²) in [6.45, 7) is 5.32. The van der Waals surface area contributed by atoms with Crippen molar-refractivity contribution in [3.8, 4) is 0 Å². The van der Waals surface area contributed by atoms with Crippen molar-refractivity contribution in [1.29, 1.82) is 0 Å². The van der Waals surface area contributed by atoms with Gasteiger partial charge in [0.25, 0.3) is 0 Å². The minimum atomic E-state index is -0.994. The average Bonchev–Trinajstić information content (AvgIpc) is 2.76. The molecule has 0 fully saturated rings. The van der Waals surface area contributed by atoms with Crippen molar-refractivity contribution >= 4 is 23.2 Å². The highest BCUT2D eigenvalue weighted by atomic mass is 32.1. The van der Waals surface area contributed by atoms with E-state index in [0.717, 1.165) is 4.88 Å². The average molecular weight is 255 g/mol. The predicted molar refractivity (Wildman–Crippen MR) is 67.1 cm³/mol. The van der Waals surface area contributed by atoms with Crippen LogP contribution in [0.15, 0.2) is 17.5 Å². The largest absolute Gasteiger partial charge is 0.480 e. The zero-order valence-electron chi connectivity index (χ0n) is 10.1. The molecule has 94 valence electrons. The number of nitrogens with one attached hydrogen (secondary N) is 1. The highest BCUT2D eigenvalue weighted by molar-refractivity contribution is 7.10. The van der Waals surface area contributed by atoms with E-state index in [1.165, 1.54) is 11.3 Å². The Hall–Kier alpha value is -1.36. The van der Waals surface area contributed by atoms with Crippen molar-refractivity contribution in [2.24, 2.45) is 5.92 Å². The van der Waals surface area contributed by atoms with Crippen molar-refractivity contribution in [2.75, 3.05) is 0 Å². The Morgan fingerprint density at radius 2 is 2.00 bits per heavy atom. The van der Waals surface area contributed by atoms with Crippen LogP contribution in [0.2, 0.25) is 0 Å². The summed E-state index contributed by atoms with van der Waals surface area (Å²) in [5.41, 5.74) is 0. The van der Waals surface area contributed by atoms with E-state index in [9.17, 15) is 9.59 Å². The number of carbonyl (C=O) groups is 2. The van der Waals surface area contributed by atoms with Crippen LogP contribution in [0.4, 0.5) is 0 Å². The van der Waals surface area contributed by atoms with Crippen LogP contribution in [0.5, 0.6) is 0 Å². The number of thiophene rings is 1. The molecule has 0 aliphatic carbocycles. The second-order valence-corrected chi connectivity index (χ2v) is 5.28. The van der Waals surface area contributed by atoms with Crippen LogP contribution in [0.1, 0.15) is 31.6 Å². The van der Waals surface area contributed by atoms with E-state index >= 15 is 0 Å². The summed E-state index contributed by atoms with van der Waals surface area (Å²) in [6, 6.07) is 2.92. The van der Waals surface area contributed by atoms with Crippen LogP contribution >= 0.6 is 11.3 Å². The summed E-state index contributed by atoms with van der Waals surface area (Å²) >= 11 is 1.49. The van der Waals surface area contributed by atoms with Crippen LogP contribution in [0.3, 0.4) is 0 Å². The maximum Gasteiger partial charge on any atom is 0.326 e. The van der Waals surface area contributed by atoms with Gasteiger partial charge in [-0.25, -0.2) is 4.79 Å². The molecule has 0 radical (unpaired) electrons. The molecule has 1 aromatic heterocycles. The Kier molecular flexibility index (Phi) is 4.69. The number of hydrogen-bond acceptors (Lipinski definition) is 3. The number of carboxylic acid groups (broad SMARTS) is 1. The summed E-state index contributed by atoms with van der Waals surface area (Å²) in [7, 11) is 0. The number of aliphatic carboxylic acids is 1. The smallest absolute Gasteiger partial charge is 0.326 e. The first-order valence-electron chi connectivity index (χ1n) is 5.50. The molecule has 1 heterocycles. The molecule has 1 unspecified atom stereocenters. The molecule has 0 bridgehead atoms. The molecule has 0 aromatic carbocycles. The van der Waals surface area contributed by atoms with Gasteiger partial charge in [-0.3, -0.25) is 4.79 Å². The van der Waals surface area contributed by atoms with Gasteiger partial charge >= 0.3 is 5.97 Å². The number of carboxylic acids is 1. The normalized spacial score (nSPS) is 14.4. The molecule has 2 atom stereocenters. The molecular formula is C12H17NO3S. The molecule has 17 heavy (non-hydrogen) atoms. The SMILES string of the molecule is CC(C(=O)N[C@H](C(=O)O)C(C)C)c1cccs1. The van der Waals surface area contributed by atoms with Crippen molar-refractivity contribution in [3.63, 3.8) is 0 Å². The van der Waals surface area contributed by atoms with E-state index in [4.69, 9.17) is 5.11 Å². The van der Waals surface area contributed by atoms with E-state index in [0.29, 0.717) is 0 Å². The predicted octanol–water partition coefficient (Wildman–Crippen LogP) is 2.08. The van der Waals surface area contributed by atoms with E-state index in [-0.39, 0.29) is 17.7 Å². The summed E-state index contributed by atoms with van der Waals surface area (Å²) in [5, 5.41) is 13.5. The third-order valence-electron chi connectivity index (χ3n) is 2.59. The molecule has 0 saturated carbocycles. The Morgan fingerprint density at radius 3 is 2.41 bits per heavy atom. The van der Waals surface area contributed by atoms with E-state index in [2.05, 4.69) is 5.32 Å². The van der Waals surface area contributed by atoms with Crippen molar-refractivity contribution in [1.82, 2.24) is 5.32 Å². The minimum Gasteiger partial charge on any atom is -0.480 e. The summed E-state index contributed by atoms with van der Waals surface area (Å²) in [6.07, 6.45) is 0. The fraction of sp³-hybridized carbons (Fsp3) is 0.500. The van der Waals surface area contributed by atoms with E-state index in [1.807, 2.05) is 17.5 Å². The topological polar surface area (TPSA) is 66.4 Å². The van der Waals surface area contributed by atoms with Crippen molar-refractivity contribution in [2.45, 2.75) is 32.7 Å². The molecule has 0 saturated heterocycles. The van der Waals surface area contributed by atoms with Gasteiger partial charge < -0.3 is 10.4 Å². The summed E-state index contributed by atoms with van der Waals surface area (Å²) in [4.78, 5) is 23.8. The number of rotatable bonds is 5. The van der Waals surface area contributed by atoms with E-state index < -0.39 is 12.0 Å². The van der Waals surface area contributed by atoms with E-state index in [1.54, 1.807) is 20.8 Å². The quantitative estimate of drug-likeness (QED) is 0.846. The van der Waals surface area contributed by atoms with Crippen molar-refractivity contribution in [3.05, 3.63) is 22.4 Å². The van der Waals surface area contributed by atoms with Crippen molar-refractivity contribution < 1.29 is 14.7 Å². The minimum absolute atomic E-state index is 0.132.